The first kappa shape index (κ1) is 10.1. The Balaban J connectivity index is 2.33. The minimum atomic E-state index is -0.434. The lowest BCUT2D eigenvalue weighted by Gasteiger charge is -2.00. The lowest BCUT2D eigenvalue weighted by atomic mass is 10.1. The maximum absolute atomic E-state index is 12.6. The summed E-state index contributed by atoms with van der Waals surface area (Å²) in [6.07, 6.45) is 2.30. The average molecular weight is 223 g/mol. The van der Waals surface area contributed by atoms with Gasteiger partial charge in [0.1, 0.15) is 0 Å². The van der Waals surface area contributed by atoms with E-state index in [0.29, 0.717) is 11.7 Å². The van der Waals surface area contributed by atoms with Crippen LogP contribution in [0.25, 0.3) is 11.4 Å². The van der Waals surface area contributed by atoms with Crippen LogP contribution in [0.4, 0.5) is 4.39 Å². The Morgan fingerprint density at radius 3 is 2.20 bits per heavy atom. The van der Waals surface area contributed by atoms with Gasteiger partial charge in [0.15, 0.2) is 11.6 Å². The molecule has 0 amide bonds. The molecule has 0 atom stereocenters. The molecule has 1 heterocycles. The van der Waals surface area contributed by atoms with E-state index in [2.05, 4.69) is 9.97 Å². The Morgan fingerprint density at radius 1 is 1.07 bits per heavy atom. The maximum Gasteiger partial charge on any atom is 0.159 e. The molecule has 2 rings (SSSR count). The average Bonchev–Trinajstić information content (AvgIpc) is 2.30. The molecule has 2 aromatic rings. The normalized spacial score (nSPS) is 10.3. The van der Waals surface area contributed by atoms with Crippen molar-refractivity contribution in [3.05, 3.63) is 48.0 Å². The molecule has 0 bridgehead atoms. The predicted molar refractivity (Wildman–Crippen MR) is 57.0 cm³/mol. The van der Waals surface area contributed by atoms with Crippen molar-refractivity contribution in [2.24, 2.45) is 0 Å². The van der Waals surface area contributed by atoms with E-state index in [9.17, 15) is 4.39 Å². The van der Waals surface area contributed by atoms with Crippen molar-refractivity contribution in [1.29, 1.82) is 0 Å². The third-order valence-electron chi connectivity index (χ3n) is 1.99. The Labute approximate surface area is 91.8 Å². The molecule has 1 aromatic heterocycles. The van der Waals surface area contributed by atoms with Crippen LogP contribution in [0.1, 0.15) is 5.56 Å². The molecule has 2 nitrogen and oxygen atoms in total. The van der Waals surface area contributed by atoms with E-state index in [1.807, 2.05) is 24.3 Å². The Hall–Kier alpha value is -1.48. The minimum absolute atomic E-state index is 0.434. The first-order valence-electron chi connectivity index (χ1n) is 4.42. The van der Waals surface area contributed by atoms with E-state index < -0.39 is 5.82 Å². The predicted octanol–water partition coefficient (Wildman–Crippen LogP) is 3.02. The third kappa shape index (κ3) is 2.30. The fourth-order valence-corrected chi connectivity index (χ4v) is 1.38. The number of aromatic nitrogens is 2. The summed E-state index contributed by atoms with van der Waals surface area (Å²) in [7, 11) is 0. The van der Waals surface area contributed by atoms with Crippen LogP contribution in [0.5, 0.6) is 0 Å². The van der Waals surface area contributed by atoms with Gasteiger partial charge in [0.25, 0.3) is 0 Å². The third-order valence-corrected chi connectivity index (χ3v) is 2.30. The van der Waals surface area contributed by atoms with Crippen molar-refractivity contribution < 1.29 is 4.39 Å². The first-order chi connectivity index (χ1) is 7.29. The zero-order valence-corrected chi connectivity index (χ0v) is 8.58. The number of alkyl halides is 1. The molecule has 76 valence electrons. The molecule has 0 unspecified atom stereocenters. The standard InChI is InChI=1S/C11H8ClFN2/c12-5-8-1-3-9(4-2-8)11-14-6-10(13)7-15-11/h1-4,6-7H,5H2. The second-order valence-corrected chi connectivity index (χ2v) is 3.32. The molecule has 0 saturated heterocycles. The highest BCUT2D eigenvalue weighted by Gasteiger charge is 2.00. The molecule has 0 spiro atoms. The van der Waals surface area contributed by atoms with Gasteiger partial charge in [-0.2, -0.15) is 0 Å². The van der Waals surface area contributed by atoms with Crippen LogP contribution in [0.3, 0.4) is 0 Å². The van der Waals surface area contributed by atoms with E-state index in [4.69, 9.17) is 11.6 Å². The van der Waals surface area contributed by atoms with Gasteiger partial charge in [0.05, 0.1) is 12.4 Å². The second kappa shape index (κ2) is 4.36. The Kier molecular flexibility index (Phi) is 2.92. The topological polar surface area (TPSA) is 25.8 Å². The lowest BCUT2D eigenvalue weighted by Crippen LogP contribution is -1.89. The molecule has 0 aliphatic heterocycles. The Bertz CT molecular complexity index is 439. The van der Waals surface area contributed by atoms with Crippen LogP contribution in [0.15, 0.2) is 36.7 Å². The van der Waals surface area contributed by atoms with Gasteiger partial charge < -0.3 is 0 Å². The number of benzene rings is 1. The quantitative estimate of drug-likeness (QED) is 0.730. The zero-order valence-electron chi connectivity index (χ0n) is 7.82. The van der Waals surface area contributed by atoms with Gasteiger partial charge in [-0.25, -0.2) is 14.4 Å². The fourth-order valence-electron chi connectivity index (χ4n) is 1.20. The molecule has 0 fully saturated rings. The molecule has 15 heavy (non-hydrogen) atoms. The molecule has 0 radical (unpaired) electrons. The summed E-state index contributed by atoms with van der Waals surface area (Å²) in [6.45, 7) is 0. The van der Waals surface area contributed by atoms with Gasteiger partial charge in [-0.3, -0.25) is 0 Å². The molecule has 0 saturated carbocycles. The number of hydrogen-bond donors (Lipinski definition) is 0. The molecular formula is C11H8ClFN2. The molecule has 4 heteroatoms. The lowest BCUT2D eigenvalue weighted by molar-refractivity contribution is 0.614. The smallest absolute Gasteiger partial charge is 0.159 e. The summed E-state index contributed by atoms with van der Waals surface area (Å²) < 4.78 is 12.6. The van der Waals surface area contributed by atoms with E-state index in [1.165, 1.54) is 0 Å². The highest BCUT2D eigenvalue weighted by atomic mass is 35.5. The summed E-state index contributed by atoms with van der Waals surface area (Å²) in [4.78, 5) is 7.77. The van der Waals surface area contributed by atoms with Crippen LogP contribution in [-0.2, 0) is 5.88 Å². The first-order valence-corrected chi connectivity index (χ1v) is 4.96. The van der Waals surface area contributed by atoms with Gasteiger partial charge in [-0.15, -0.1) is 11.6 Å². The highest BCUT2D eigenvalue weighted by molar-refractivity contribution is 6.17. The van der Waals surface area contributed by atoms with E-state index in [1.54, 1.807) is 0 Å². The Morgan fingerprint density at radius 2 is 1.67 bits per heavy atom. The van der Waals surface area contributed by atoms with E-state index in [0.717, 1.165) is 23.5 Å². The van der Waals surface area contributed by atoms with E-state index in [-0.39, 0.29) is 0 Å². The number of nitrogens with zero attached hydrogens (tertiary/aromatic N) is 2. The van der Waals surface area contributed by atoms with Crippen LogP contribution < -0.4 is 0 Å². The van der Waals surface area contributed by atoms with Crippen molar-refractivity contribution in [1.82, 2.24) is 9.97 Å². The van der Waals surface area contributed by atoms with Crippen molar-refractivity contribution in [2.75, 3.05) is 0 Å². The zero-order chi connectivity index (χ0) is 10.7. The van der Waals surface area contributed by atoms with Gasteiger partial charge in [-0.05, 0) is 5.56 Å². The number of rotatable bonds is 2. The SMILES string of the molecule is Fc1cnc(-c2ccc(CCl)cc2)nc1. The monoisotopic (exact) mass is 222 g/mol. The molecule has 1 aromatic carbocycles. The second-order valence-electron chi connectivity index (χ2n) is 3.06. The summed E-state index contributed by atoms with van der Waals surface area (Å²) in [5.41, 5.74) is 1.88. The van der Waals surface area contributed by atoms with Gasteiger partial charge in [0, 0.05) is 11.4 Å². The minimum Gasteiger partial charge on any atom is -0.233 e. The number of hydrogen-bond acceptors (Lipinski definition) is 2. The van der Waals surface area contributed by atoms with Crippen LogP contribution in [0.2, 0.25) is 0 Å². The van der Waals surface area contributed by atoms with E-state index >= 15 is 0 Å². The van der Waals surface area contributed by atoms with Crippen molar-refractivity contribution in [2.45, 2.75) is 5.88 Å². The summed E-state index contributed by atoms with van der Waals surface area (Å²) in [6, 6.07) is 7.53. The molecule has 0 N–H and O–H groups in total. The van der Waals surface area contributed by atoms with Crippen molar-refractivity contribution in [3.63, 3.8) is 0 Å². The number of halogens is 2. The molecule has 0 aliphatic carbocycles. The molecule has 0 aliphatic rings. The summed E-state index contributed by atoms with van der Waals surface area (Å²) in [5.74, 6) is 0.554. The van der Waals surface area contributed by atoms with Gasteiger partial charge >= 0.3 is 0 Å². The highest BCUT2D eigenvalue weighted by Crippen LogP contribution is 2.15. The van der Waals surface area contributed by atoms with Gasteiger partial charge in [-0.1, -0.05) is 24.3 Å². The molecular weight excluding hydrogens is 215 g/mol. The van der Waals surface area contributed by atoms with Gasteiger partial charge in [0.2, 0.25) is 0 Å². The summed E-state index contributed by atoms with van der Waals surface area (Å²) in [5, 5.41) is 0. The van der Waals surface area contributed by atoms with Crippen LogP contribution in [0, 0.1) is 5.82 Å². The van der Waals surface area contributed by atoms with Crippen molar-refractivity contribution >= 4 is 11.6 Å². The maximum atomic E-state index is 12.6. The fraction of sp³-hybridized carbons (Fsp3) is 0.0909. The van der Waals surface area contributed by atoms with Crippen LogP contribution in [-0.4, -0.2) is 9.97 Å². The summed E-state index contributed by atoms with van der Waals surface area (Å²) >= 11 is 5.67. The largest absolute Gasteiger partial charge is 0.233 e. The van der Waals surface area contributed by atoms with Crippen molar-refractivity contribution in [3.8, 4) is 11.4 Å². The van der Waals surface area contributed by atoms with Crippen LogP contribution >= 0.6 is 11.6 Å².